The number of nitrogens with one attached hydrogen (secondary N) is 2. The first-order chi connectivity index (χ1) is 8.66. The summed E-state index contributed by atoms with van der Waals surface area (Å²) in [5, 5.41) is 6.38. The molecule has 0 aromatic carbocycles. The predicted octanol–water partition coefficient (Wildman–Crippen LogP) is 3.24. The van der Waals surface area contributed by atoms with Crippen molar-refractivity contribution >= 4 is 5.91 Å². The minimum absolute atomic E-state index is 0.225. The maximum Gasteiger partial charge on any atom is 0.219 e. The Bertz CT molecular complexity index is 193. The van der Waals surface area contributed by atoms with Crippen molar-refractivity contribution in [3.8, 4) is 0 Å². The second kappa shape index (κ2) is 12.9. The zero-order chi connectivity index (χ0) is 13.6. The molecule has 2 N–H and O–H groups in total. The minimum Gasteiger partial charge on any atom is -0.356 e. The topological polar surface area (TPSA) is 41.1 Å². The Hall–Kier alpha value is -0.570. The first-order valence-electron chi connectivity index (χ1n) is 7.67. The first-order valence-corrected chi connectivity index (χ1v) is 7.67. The lowest BCUT2D eigenvalue weighted by atomic mass is 10.1. The monoisotopic (exact) mass is 256 g/mol. The number of carbonyl (C=O) groups is 1. The van der Waals surface area contributed by atoms with Crippen molar-refractivity contribution in [1.29, 1.82) is 0 Å². The van der Waals surface area contributed by atoms with Gasteiger partial charge in [0.2, 0.25) is 5.91 Å². The predicted molar refractivity (Wildman–Crippen MR) is 78.8 cm³/mol. The molecule has 3 heteroatoms. The molecule has 0 spiro atoms. The molecule has 1 amide bonds. The summed E-state index contributed by atoms with van der Waals surface area (Å²) in [6, 6.07) is 0.566. The molecular formula is C15H32N2O. The van der Waals surface area contributed by atoms with Crippen LogP contribution >= 0.6 is 0 Å². The summed E-state index contributed by atoms with van der Waals surface area (Å²) >= 11 is 0. The van der Waals surface area contributed by atoms with E-state index in [9.17, 15) is 4.79 Å². The van der Waals surface area contributed by atoms with Crippen LogP contribution in [0.4, 0.5) is 0 Å². The largest absolute Gasteiger partial charge is 0.356 e. The van der Waals surface area contributed by atoms with Gasteiger partial charge in [-0.3, -0.25) is 4.79 Å². The van der Waals surface area contributed by atoms with E-state index in [1.807, 2.05) is 0 Å². The molecule has 3 nitrogen and oxygen atoms in total. The van der Waals surface area contributed by atoms with E-state index in [0.717, 1.165) is 32.4 Å². The van der Waals surface area contributed by atoms with Crippen LogP contribution in [0.5, 0.6) is 0 Å². The van der Waals surface area contributed by atoms with Crippen LogP contribution in [0.3, 0.4) is 0 Å². The normalized spacial score (nSPS) is 10.9. The smallest absolute Gasteiger partial charge is 0.219 e. The third-order valence-corrected chi connectivity index (χ3v) is 2.99. The summed E-state index contributed by atoms with van der Waals surface area (Å²) in [6.45, 7) is 8.44. The van der Waals surface area contributed by atoms with Crippen molar-refractivity contribution in [2.75, 3.05) is 13.1 Å². The molecule has 0 rings (SSSR count). The van der Waals surface area contributed by atoms with Crippen LogP contribution in [0.2, 0.25) is 0 Å². The highest BCUT2D eigenvalue weighted by atomic mass is 16.1. The SMILES string of the molecule is CCCCCCNC(=O)CCCCCNC(C)C. The van der Waals surface area contributed by atoms with Gasteiger partial charge >= 0.3 is 0 Å². The molecule has 0 saturated heterocycles. The average molecular weight is 256 g/mol. The molecule has 0 aliphatic heterocycles. The van der Waals surface area contributed by atoms with Crippen LogP contribution in [0, 0.1) is 0 Å². The van der Waals surface area contributed by atoms with Gasteiger partial charge in [-0.15, -0.1) is 0 Å². The van der Waals surface area contributed by atoms with E-state index in [-0.39, 0.29) is 5.91 Å². The van der Waals surface area contributed by atoms with Crippen molar-refractivity contribution in [1.82, 2.24) is 10.6 Å². The first kappa shape index (κ1) is 17.4. The summed E-state index contributed by atoms with van der Waals surface area (Å²) in [7, 11) is 0. The Morgan fingerprint density at radius 2 is 1.61 bits per heavy atom. The lowest BCUT2D eigenvalue weighted by molar-refractivity contribution is -0.121. The van der Waals surface area contributed by atoms with Gasteiger partial charge in [-0.2, -0.15) is 0 Å². The molecule has 108 valence electrons. The highest BCUT2D eigenvalue weighted by molar-refractivity contribution is 5.75. The summed E-state index contributed by atoms with van der Waals surface area (Å²) < 4.78 is 0. The molecule has 0 radical (unpaired) electrons. The van der Waals surface area contributed by atoms with E-state index in [1.54, 1.807) is 0 Å². The Balaban J connectivity index is 3.17. The molecule has 0 aromatic heterocycles. The lowest BCUT2D eigenvalue weighted by Gasteiger charge is -2.07. The third-order valence-electron chi connectivity index (χ3n) is 2.99. The highest BCUT2D eigenvalue weighted by Gasteiger charge is 2.00. The van der Waals surface area contributed by atoms with E-state index >= 15 is 0 Å². The van der Waals surface area contributed by atoms with Crippen LogP contribution in [0.25, 0.3) is 0 Å². The fourth-order valence-corrected chi connectivity index (χ4v) is 1.85. The van der Waals surface area contributed by atoms with Gasteiger partial charge in [0, 0.05) is 19.0 Å². The van der Waals surface area contributed by atoms with Gasteiger partial charge in [-0.05, 0) is 25.8 Å². The van der Waals surface area contributed by atoms with Gasteiger partial charge in [-0.25, -0.2) is 0 Å². The minimum atomic E-state index is 0.225. The Kier molecular flexibility index (Phi) is 12.5. The van der Waals surface area contributed by atoms with Crippen LogP contribution < -0.4 is 10.6 Å². The van der Waals surface area contributed by atoms with Gasteiger partial charge in [0.25, 0.3) is 0 Å². The van der Waals surface area contributed by atoms with Crippen LogP contribution in [-0.4, -0.2) is 25.0 Å². The van der Waals surface area contributed by atoms with Gasteiger partial charge < -0.3 is 10.6 Å². The van der Waals surface area contributed by atoms with Gasteiger partial charge in [0.15, 0.2) is 0 Å². The summed E-state index contributed by atoms with van der Waals surface area (Å²) in [5.74, 6) is 0.225. The molecule has 0 aromatic rings. The quantitative estimate of drug-likeness (QED) is 0.526. The zero-order valence-corrected chi connectivity index (χ0v) is 12.6. The maximum absolute atomic E-state index is 11.5. The van der Waals surface area contributed by atoms with E-state index < -0.39 is 0 Å². The van der Waals surface area contributed by atoms with E-state index in [0.29, 0.717) is 12.5 Å². The number of hydrogen-bond donors (Lipinski definition) is 2. The van der Waals surface area contributed by atoms with Crippen molar-refractivity contribution < 1.29 is 4.79 Å². The molecule has 0 heterocycles. The summed E-state index contributed by atoms with van der Waals surface area (Å²) in [5.41, 5.74) is 0. The van der Waals surface area contributed by atoms with Crippen LogP contribution in [-0.2, 0) is 4.79 Å². The fourth-order valence-electron chi connectivity index (χ4n) is 1.85. The second-order valence-electron chi connectivity index (χ2n) is 5.33. The van der Waals surface area contributed by atoms with Gasteiger partial charge in [0.05, 0.1) is 0 Å². The van der Waals surface area contributed by atoms with Gasteiger partial charge in [0.1, 0.15) is 0 Å². The van der Waals surface area contributed by atoms with Crippen LogP contribution in [0.15, 0.2) is 0 Å². The molecule has 0 aliphatic rings. The molecule has 0 saturated carbocycles. The van der Waals surface area contributed by atoms with E-state index in [4.69, 9.17) is 0 Å². The molecule has 0 fully saturated rings. The molecular weight excluding hydrogens is 224 g/mol. The number of amides is 1. The summed E-state index contributed by atoms with van der Waals surface area (Å²) in [4.78, 5) is 11.5. The lowest BCUT2D eigenvalue weighted by Crippen LogP contribution is -2.24. The Morgan fingerprint density at radius 3 is 2.28 bits per heavy atom. The Morgan fingerprint density at radius 1 is 0.944 bits per heavy atom. The zero-order valence-electron chi connectivity index (χ0n) is 12.6. The van der Waals surface area contributed by atoms with E-state index in [2.05, 4.69) is 31.4 Å². The van der Waals surface area contributed by atoms with Crippen molar-refractivity contribution in [3.63, 3.8) is 0 Å². The second-order valence-corrected chi connectivity index (χ2v) is 5.33. The maximum atomic E-state index is 11.5. The van der Waals surface area contributed by atoms with Crippen molar-refractivity contribution in [3.05, 3.63) is 0 Å². The third kappa shape index (κ3) is 13.5. The fraction of sp³-hybridized carbons (Fsp3) is 0.933. The molecule has 0 atom stereocenters. The molecule has 0 bridgehead atoms. The highest BCUT2D eigenvalue weighted by Crippen LogP contribution is 2.00. The molecule has 0 aliphatic carbocycles. The molecule has 18 heavy (non-hydrogen) atoms. The number of rotatable bonds is 12. The van der Waals surface area contributed by atoms with Gasteiger partial charge in [-0.1, -0.05) is 46.5 Å². The average Bonchev–Trinajstić information content (AvgIpc) is 2.33. The van der Waals surface area contributed by atoms with Crippen molar-refractivity contribution in [2.45, 2.75) is 78.2 Å². The number of unbranched alkanes of at least 4 members (excludes halogenated alkanes) is 5. The molecule has 0 unspecified atom stereocenters. The summed E-state index contributed by atoms with van der Waals surface area (Å²) in [6.07, 6.45) is 8.90. The van der Waals surface area contributed by atoms with Crippen molar-refractivity contribution in [2.24, 2.45) is 0 Å². The van der Waals surface area contributed by atoms with Crippen LogP contribution in [0.1, 0.15) is 72.1 Å². The number of hydrogen-bond acceptors (Lipinski definition) is 2. The van der Waals surface area contributed by atoms with E-state index in [1.165, 1.54) is 25.7 Å². The Labute approximate surface area is 113 Å². The standard InChI is InChI=1S/C15H32N2O/c1-4-5-6-9-13-17-15(18)11-8-7-10-12-16-14(2)3/h14,16H,4-13H2,1-3H3,(H,17,18). The number of carbonyl (C=O) groups excluding carboxylic acids is 1.